The van der Waals surface area contributed by atoms with Gasteiger partial charge in [-0.25, -0.2) is 4.98 Å². The zero-order valence-electron chi connectivity index (χ0n) is 11.8. The minimum absolute atomic E-state index is 0.679. The van der Waals surface area contributed by atoms with Crippen LogP contribution in [0.2, 0.25) is 0 Å². The Morgan fingerprint density at radius 1 is 1.10 bits per heavy atom. The lowest BCUT2D eigenvalue weighted by atomic mass is 10.1. The monoisotopic (exact) mass is 267 g/mol. The van der Waals surface area contributed by atoms with E-state index in [1.807, 2.05) is 18.2 Å². The summed E-state index contributed by atoms with van der Waals surface area (Å²) < 4.78 is 5.25. The van der Waals surface area contributed by atoms with E-state index in [2.05, 4.69) is 35.9 Å². The van der Waals surface area contributed by atoms with E-state index in [0.717, 1.165) is 28.2 Å². The summed E-state index contributed by atoms with van der Waals surface area (Å²) in [6.07, 6.45) is 0. The van der Waals surface area contributed by atoms with E-state index in [9.17, 15) is 0 Å². The van der Waals surface area contributed by atoms with Crippen molar-refractivity contribution in [1.82, 2.24) is 9.97 Å². The lowest BCUT2D eigenvalue weighted by Gasteiger charge is -2.05. The molecule has 4 heteroatoms. The number of ether oxygens (including phenoxy) is 1. The van der Waals surface area contributed by atoms with Gasteiger partial charge in [-0.1, -0.05) is 0 Å². The highest BCUT2D eigenvalue weighted by Crippen LogP contribution is 2.30. The number of aromatic amines is 1. The highest BCUT2D eigenvalue weighted by atomic mass is 16.5. The molecule has 0 aliphatic heterocycles. The molecule has 0 unspecified atom stereocenters. The lowest BCUT2D eigenvalue weighted by Crippen LogP contribution is -1.92. The van der Waals surface area contributed by atoms with Crippen molar-refractivity contribution >= 4 is 16.7 Å². The second-order valence-corrected chi connectivity index (χ2v) is 4.99. The predicted molar refractivity (Wildman–Crippen MR) is 82.0 cm³/mol. The van der Waals surface area contributed by atoms with Crippen LogP contribution in [0.1, 0.15) is 11.1 Å². The van der Waals surface area contributed by atoms with Crippen LogP contribution in [-0.4, -0.2) is 17.1 Å². The van der Waals surface area contributed by atoms with Crippen molar-refractivity contribution in [1.29, 1.82) is 0 Å². The first-order valence-corrected chi connectivity index (χ1v) is 6.49. The predicted octanol–water partition coefficient (Wildman–Crippen LogP) is 3.44. The molecule has 0 aliphatic rings. The summed E-state index contributed by atoms with van der Waals surface area (Å²) in [5.74, 6) is 1.53. The van der Waals surface area contributed by atoms with Crippen molar-refractivity contribution in [3.63, 3.8) is 0 Å². The van der Waals surface area contributed by atoms with Gasteiger partial charge >= 0.3 is 0 Å². The first kappa shape index (κ1) is 12.5. The molecule has 1 aromatic heterocycles. The number of nitrogen functional groups attached to an aromatic ring is 1. The number of nitrogens with one attached hydrogen (secondary N) is 1. The molecule has 4 nitrogen and oxygen atoms in total. The quantitative estimate of drug-likeness (QED) is 0.699. The number of anilines is 1. The Kier molecular flexibility index (Phi) is 2.86. The maximum absolute atomic E-state index is 6.04. The smallest absolute Gasteiger partial charge is 0.140 e. The van der Waals surface area contributed by atoms with Gasteiger partial charge in [-0.15, -0.1) is 0 Å². The average Bonchev–Trinajstić information content (AvgIpc) is 2.82. The molecular formula is C16H17N3O. The normalized spacial score (nSPS) is 10.9. The molecule has 2 aromatic carbocycles. The third kappa shape index (κ3) is 1.99. The van der Waals surface area contributed by atoms with Gasteiger partial charge < -0.3 is 15.5 Å². The molecular weight excluding hydrogens is 250 g/mol. The number of H-pyrrole nitrogens is 1. The minimum Gasteiger partial charge on any atom is -0.497 e. The summed E-state index contributed by atoms with van der Waals surface area (Å²) in [6, 6.07) is 9.76. The fourth-order valence-electron chi connectivity index (χ4n) is 2.26. The third-order valence-electron chi connectivity index (χ3n) is 3.61. The van der Waals surface area contributed by atoms with Crippen molar-refractivity contribution in [3.05, 3.63) is 41.5 Å². The molecule has 102 valence electrons. The summed E-state index contributed by atoms with van der Waals surface area (Å²) in [7, 11) is 1.64. The number of imidazole rings is 1. The van der Waals surface area contributed by atoms with Gasteiger partial charge in [0.2, 0.25) is 0 Å². The average molecular weight is 267 g/mol. The summed E-state index contributed by atoms with van der Waals surface area (Å²) in [5.41, 5.74) is 12.0. The van der Waals surface area contributed by atoms with Gasteiger partial charge in [0, 0.05) is 11.3 Å². The summed E-state index contributed by atoms with van der Waals surface area (Å²) in [6.45, 7) is 4.18. The van der Waals surface area contributed by atoms with Crippen molar-refractivity contribution in [3.8, 4) is 17.1 Å². The number of hydrogen-bond acceptors (Lipinski definition) is 3. The number of methoxy groups -OCH3 is 1. The molecule has 0 saturated carbocycles. The van der Waals surface area contributed by atoms with Gasteiger partial charge in [0.1, 0.15) is 11.6 Å². The summed E-state index contributed by atoms with van der Waals surface area (Å²) in [4.78, 5) is 7.96. The van der Waals surface area contributed by atoms with Gasteiger partial charge in [-0.3, -0.25) is 0 Å². The van der Waals surface area contributed by atoms with E-state index >= 15 is 0 Å². The van der Waals surface area contributed by atoms with Crippen molar-refractivity contribution in [2.24, 2.45) is 0 Å². The highest BCUT2D eigenvalue weighted by molar-refractivity contribution is 5.84. The van der Waals surface area contributed by atoms with E-state index in [-0.39, 0.29) is 0 Å². The fraction of sp³-hybridized carbons (Fsp3) is 0.188. The zero-order chi connectivity index (χ0) is 14.3. The number of nitrogens with zero attached hydrogens (tertiary/aromatic N) is 1. The maximum Gasteiger partial charge on any atom is 0.140 e. The zero-order valence-corrected chi connectivity index (χ0v) is 11.8. The SMILES string of the molecule is COc1ccc(N)c(-c2nc3cc(C)c(C)cc3[nH]2)c1. The number of nitrogens with two attached hydrogens (primary N) is 1. The summed E-state index contributed by atoms with van der Waals surface area (Å²) in [5, 5.41) is 0. The Morgan fingerprint density at radius 3 is 2.60 bits per heavy atom. The first-order chi connectivity index (χ1) is 9.58. The standard InChI is InChI=1S/C16H17N3O/c1-9-6-14-15(7-10(9)2)19-16(18-14)12-8-11(20-3)4-5-13(12)17/h4-8H,17H2,1-3H3,(H,18,19). The van der Waals surface area contributed by atoms with E-state index < -0.39 is 0 Å². The second kappa shape index (κ2) is 4.56. The van der Waals surface area contributed by atoms with Gasteiger partial charge in [0.15, 0.2) is 0 Å². The fourth-order valence-corrected chi connectivity index (χ4v) is 2.26. The Balaban J connectivity index is 2.19. The lowest BCUT2D eigenvalue weighted by molar-refractivity contribution is 0.415. The van der Waals surface area contributed by atoms with Crippen LogP contribution in [0, 0.1) is 13.8 Å². The van der Waals surface area contributed by atoms with Crippen LogP contribution in [0.3, 0.4) is 0 Å². The van der Waals surface area contributed by atoms with Crippen LogP contribution in [0.4, 0.5) is 5.69 Å². The number of aryl methyl sites for hydroxylation is 2. The molecule has 20 heavy (non-hydrogen) atoms. The van der Waals surface area contributed by atoms with Crippen LogP contribution in [0.5, 0.6) is 5.75 Å². The molecule has 0 amide bonds. The van der Waals surface area contributed by atoms with Crippen molar-refractivity contribution < 1.29 is 4.74 Å². The van der Waals surface area contributed by atoms with Gasteiger partial charge in [0.05, 0.1) is 18.1 Å². The Labute approximate surface area is 117 Å². The molecule has 0 spiro atoms. The molecule has 0 fully saturated rings. The van der Waals surface area contributed by atoms with E-state index in [4.69, 9.17) is 10.5 Å². The number of rotatable bonds is 2. The molecule has 0 atom stereocenters. The Hall–Kier alpha value is -2.49. The van der Waals surface area contributed by atoms with Crippen LogP contribution in [-0.2, 0) is 0 Å². The van der Waals surface area contributed by atoms with Gasteiger partial charge in [-0.05, 0) is 55.3 Å². The third-order valence-corrected chi connectivity index (χ3v) is 3.61. The summed E-state index contributed by atoms with van der Waals surface area (Å²) >= 11 is 0. The molecule has 3 rings (SSSR count). The van der Waals surface area contributed by atoms with Gasteiger partial charge in [-0.2, -0.15) is 0 Å². The maximum atomic E-state index is 6.04. The van der Waals surface area contributed by atoms with Crippen LogP contribution >= 0.6 is 0 Å². The molecule has 0 saturated heterocycles. The molecule has 3 aromatic rings. The van der Waals surface area contributed by atoms with Crippen molar-refractivity contribution in [2.75, 3.05) is 12.8 Å². The molecule has 0 bridgehead atoms. The second-order valence-electron chi connectivity index (χ2n) is 4.99. The van der Waals surface area contributed by atoms with E-state index in [1.165, 1.54) is 11.1 Å². The van der Waals surface area contributed by atoms with E-state index in [1.54, 1.807) is 7.11 Å². The van der Waals surface area contributed by atoms with Gasteiger partial charge in [0.25, 0.3) is 0 Å². The number of hydrogen-bond donors (Lipinski definition) is 2. The molecule has 0 radical (unpaired) electrons. The van der Waals surface area contributed by atoms with Crippen LogP contribution in [0.15, 0.2) is 30.3 Å². The topological polar surface area (TPSA) is 63.9 Å². The van der Waals surface area contributed by atoms with Crippen LogP contribution < -0.4 is 10.5 Å². The Bertz CT molecular complexity index is 751. The number of aromatic nitrogens is 2. The molecule has 0 aliphatic carbocycles. The molecule has 3 N–H and O–H groups in total. The van der Waals surface area contributed by atoms with E-state index in [0.29, 0.717) is 5.69 Å². The Morgan fingerprint density at radius 2 is 1.85 bits per heavy atom. The van der Waals surface area contributed by atoms with Crippen molar-refractivity contribution in [2.45, 2.75) is 13.8 Å². The molecule has 1 heterocycles. The minimum atomic E-state index is 0.679. The highest BCUT2D eigenvalue weighted by Gasteiger charge is 2.10. The van der Waals surface area contributed by atoms with Crippen LogP contribution in [0.25, 0.3) is 22.4 Å². The largest absolute Gasteiger partial charge is 0.497 e. The number of fused-ring (bicyclic) bond motifs is 1. The first-order valence-electron chi connectivity index (χ1n) is 6.49. The number of benzene rings is 2.